The van der Waals surface area contributed by atoms with Crippen LogP contribution in [0.15, 0.2) is 48.5 Å². The van der Waals surface area contributed by atoms with E-state index in [1.165, 1.54) is 0 Å². The number of hydrogen-bond donors (Lipinski definition) is 0. The van der Waals surface area contributed by atoms with Crippen LogP contribution in [0.2, 0.25) is 0 Å². The third-order valence-corrected chi connectivity index (χ3v) is 3.86. The first-order valence-electron chi connectivity index (χ1n) is 8.96. The molecule has 1 aliphatic rings. The quantitative estimate of drug-likeness (QED) is 0.374. The molecule has 2 aromatic carbocycles. The Labute approximate surface area is 170 Å². The van der Waals surface area contributed by atoms with E-state index in [0.717, 1.165) is 0 Å². The van der Waals surface area contributed by atoms with Gasteiger partial charge in [-0.3, -0.25) is 0 Å². The van der Waals surface area contributed by atoms with Crippen molar-refractivity contribution in [3.63, 3.8) is 0 Å². The molecule has 0 spiro atoms. The van der Waals surface area contributed by atoms with E-state index in [0.29, 0.717) is 34.6 Å². The van der Waals surface area contributed by atoms with Crippen LogP contribution >= 0.6 is 0 Å². The van der Waals surface area contributed by atoms with Gasteiger partial charge in [0.25, 0.3) is 0 Å². The van der Waals surface area contributed by atoms with E-state index < -0.39 is 0 Å². The smallest absolute Gasteiger partial charge is 0.328 e. The van der Waals surface area contributed by atoms with Gasteiger partial charge in [0.15, 0.2) is 0 Å². The fourth-order valence-electron chi connectivity index (χ4n) is 2.67. The molecule has 8 bridgehead atoms. The summed E-state index contributed by atoms with van der Waals surface area (Å²) in [5, 5.41) is 0. The average Bonchev–Trinajstić information content (AvgIpc) is 2.67. The highest BCUT2D eigenvalue weighted by molar-refractivity contribution is 5.38. The van der Waals surface area contributed by atoms with Crippen molar-refractivity contribution in [3.05, 3.63) is 60.2 Å². The third-order valence-electron chi connectivity index (χ3n) is 3.86. The van der Waals surface area contributed by atoms with E-state index in [2.05, 4.69) is 29.9 Å². The number of nitrogens with zero attached hydrogens (tertiary/aromatic N) is 6. The summed E-state index contributed by atoms with van der Waals surface area (Å²) in [6, 6.07) is 14.2. The van der Waals surface area contributed by atoms with Crippen molar-refractivity contribution < 1.29 is 18.9 Å². The molecule has 0 aliphatic carbocycles. The van der Waals surface area contributed by atoms with Gasteiger partial charge < -0.3 is 18.9 Å². The molecule has 0 N–H and O–H groups in total. The van der Waals surface area contributed by atoms with Gasteiger partial charge >= 0.3 is 24.0 Å². The van der Waals surface area contributed by atoms with Gasteiger partial charge in [0, 0.05) is 12.1 Å². The lowest BCUT2D eigenvalue weighted by molar-refractivity contribution is 0.377. The molecular formula is C20H14N6O4. The SMILES string of the molecule is Cc1nc2nc(n1)Oc1cccc(c1)Oc1nc(C)nc(n1)Oc1cccc(c1)O2. The molecule has 148 valence electrons. The molecule has 1 aliphatic heterocycles. The highest BCUT2D eigenvalue weighted by Crippen LogP contribution is 2.30. The predicted molar refractivity (Wildman–Crippen MR) is 102 cm³/mol. The summed E-state index contributed by atoms with van der Waals surface area (Å²) in [5.74, 6) is 2.72. The Morgan fingerprint density at radius 1 is 0.467 bits per heavy atom. The van der Waals surface area contributed by atoms with Crippen molar-refractivity contribution in [2.75, 3.05) is 0 Å². The normalized spacial score (nSPS) is 12.1. The molecule has 0 saturated heterocycles. The van der Waals surface area contributed by atoms with Crippen LogP contribution in [0.1, 0.15) is 11.6 Å². The molecule has 2 aromatic heterocycles. The van der Waals surface area contributed by atoms with Crippen LogP contribution in [0.3, 0.4) is 0 Å². The van der Waals surface area contributed by atoms with Crippen molar-refractivity contribution in [1.82, 2.24) is 29.9 Å². The van der Waals surface area contributed by atoms with Crippen LogP contribution in [0, 0.1) is 13.8 Å². The zero-order valence-electron chi connectivity index (χ0n) is 15.9. The van der Waals surface area contributed by atoms with Crippen molar-refractivity contribution in [2.24, 2.45) is 0 Å². The lowest BCUT2D eigenvalue weighted by atomic mass is 10.3. The zero-order valence-corrected chi connectivity index (χ0v) is 15.9. The third kappa shape index (κ3) is 3.92. The molecule has 3 heterocycles. The number of ether oxygens (including phenoxy) is 4. The summed E-state index contributed by atoms with van der Waals surface area (Å²) < 4.78 is 23.1. The van der Waals surface area contributed by atoms with Crippen LogP contribution in [0.25, 0.3) is 0 Å². The van der Waals surface area contributed by atoms with Gasteiger partial charge in [-0.2, -0.15) is 19.9 Å². The highest BCUT2D eigenvalue weighted by Gasteiger charge is 2.13. The van der Waals surface area contributed by atoms with Crippen LogP contribution in [-0.2, 0) is 0 Å². The van der Waals surface area contributed by atoms with Crippen LogP contribution in [0.5, 0.6) is 47.0 Å². The lowest BCUT2D eigenvalue weighted by Crippen LogP contribution is -2.02. The van der Waals surface area contributed by atoms with Gasteiger partial charge in [0.2, 0.25) is 0 Å². The van der Waals surface area contributed by atoms with Crippen molar-refractivity contribution in [1.29, 1.82) is 0 Å². The first-order valence-corrected chi connectivity index (χ1v) is 8.96. The van der Waals surface area contributed by atoms with Gasteiger partial charge in [-0.05, 0) is 38.1 Å². The van der Waals surface area contributed by atoms with Crippen LogP contribution in [0.4, 0.5) is 0 Å². The second-order valence-corrected chi connectivity index (χ2v) is 6.25. The van der Waals surface area contributed by atoms with E-state index in [1.807, 2.05) is 0 Å². The van der Waals surface area contributed by atoms with E-state index >= 15 is 0 Å². The van der Waals surface area contributed by atoms with Crippen LogP contribution in [-0.4, -0.2) is 29.9 Å². The van der Waals surface area contributed by atoms with Gasteiger partial charge in [-0.15, -0.1) is 9.97 Å². The summed E-state index contributed by atoms with van der Waals surface area (Å²) >= 11 is 0. The van der Waals surface area contributed by atoms with E-state index in [1.54, 1.807) is 62.4 Å². The standard InChI is InChI=1S/C20H14N6O4/c1-11-21-17-25-18(22-11)28-14-6-4-8-16(10-14)30-20-24-12(2)23-19(26-20)29-15-7-3-5-13(9-15)27-17/h3-10H,1-2H3. The van der Waals surface area contributed by atoms with Gasteiger partial charge in [0.05, 0.1) is 0 Å². The number of benzene rings is 2. The first-order chi connectivity index (χ1) is 14.6. The second kappa shape index (κ2) is 7.24. The Balaban J connectivity index is 1.63. The monoisotopic (exact) mass is 402 g/mol. The molecule has 10 nitrogen and oxygen atoms in total. The minimum Gasteiger partial charge on any atom is -0.424 e. The summed E-state index contributed by atoms with van der Waals surface area (Å²) in [7, 11) is 0. The van der Waals surface area contributed by atoms with E-state index in [9.17, 15) is 0 Å². The average molecular weight is 402 g/mol. The van der Waals surface area contributed by atoms with E-state index in [-0.39, 0.29) is 24.0 Å². The molecule has 0 radical (unpaired) electrons. The maximum Gasteiger partial charge on any atom is 0.328 e. The summed E-state index contributed by atoms with van der Waals surface area (Å²) in [6.07, 6.45) is 0. The molecule has 0 fully saturated rings. The van der Waals surface area contributed by atoms with Crippen molar-refractivity contribution in [2.45, 2.75) is 13.8 Å². The number of hydrogen-bond acceptors (Lipinski definition) is 10. The molecule has 0 unspecified atom stereocenters. The fraction of sp³-hybridized carbons (Fsp3) is 0.100. The number of aromatic nitrogens is 6. The maximum absolute atomic E-state index is 5.77. The summed E-state index contributed by atoms with van der Waals surface area (Å²) in [4.78, 5) is 25.2. The Kier molecular flexibility index (Phi) is 4.28. The lowest BCUT2D eigenvalue weighted by Gasteiger charge is -2.11. The number of rotatable bonds is 0. The van der Waals surface area contributed by atoms with Crippen molar-refractivity contribution in [3.8, 4) is 47.0 Å². The van der Waals surface area contributed by atoms with Gasteiger partial charge in [-0.25, -0.2) is 0 Å². The van der Waals surface area contributed by atoms with Gasteiger partial charge in [-0.1, -0.05) is 12.1 Å². The van der Waals surface area contributed by atoms with Gasteiger partial charge in [0.1, 0.15) is 34.6 Å². The molecular weight excluding hydrogens is 388 g/mol. The molecule has 4 aromatic rings. The molecule has 0 amide bonds. The number of aryl methyl sites for hydroxylation is 2. The minimum atomic E-state index is 0.0902. The Morgan fingerprint density at radius 2 is 0.767 bits per heavy atom. The predicted octanol–water partition coefficient (Wildman–Crippen LogP) is 4.16. The Hall–Kier alpha value is -4.34. The largest absolute Gasteiger partial charge is 0.424 e. The van der Waals surface area contributed by atoms with Crippen LogP contribution < -0.4 is 18.9 Å². The van der Waals surface area contributed by atoms with Crippen molar-refractivity contribution >= 4 is 0 Å². The minimum absolute atomic E-state index is 0.0902. The summed E-state index contributed by atoms with van der Waals surface area (Å²) in [6.45, 7) is 3.44. The Bertz CT molecular complexity index is 1070. The number of fused-ring (bicyclic) bond motifs is 8. The fourth-order valence-corrected chi connectivity index (χ4v) is 2.67. The molecule has 30 heavy (non-hydrogen) atoms. The highest BCUT2D eigenvalue weighted by atomic mass is 16.5. The van der Waals surface area contributed by atoms with E-state index in [4.69, 9.17) is 18.9 Å². The topological polar surface area (TPSA) is 114 Å². The molecule has 5 rings (SSSR count). The molecule has 10 heteroatoms. The molecule has 0 atom stereocenters. The second-order valence-electron chi connectivity index (χ2n) is 6.25. The first kappa shape index (κ1) is 17.7. The molecule has 0 saturated carbocycles. The maximum atomic E-state index is 5.77. The summed E-state index contributed by atoms with van der Waals surface area (Å²) in [5.41, 5.74) is 0. The zero-order chi connectivity index (χ0) is 20.5. The Morgan fingerprint density at radius 3 is 1.07 bits per heavy atom.